The van der Waals surface area contributed by atoms with Gasteiger partial charge in [-0.1, -0.05) is 23.7 Å². The van der Waals surface area contributed by atoms with Gasteiger partial charge in [0.15, 0.2) is 0 Å². The molecule has 162 valence electrons. The molecule has 1 aromatic rings. The number of aliphatic hydroxyl groups is 2. The number of amides is 1. The molecule has 2 N–H and O–H groups in total. The van der Waals surface area contributed by atoms with Crippen LogP contribution in [0.3, 0.4) is 0 Å². The molecular weight excluding hydrogens is 394 g/mol. The monoisotopic (exact) mass is 425 g/mol. The minimum atomic E-state index is -1.30. The van der Waals surface area contributed by atoms with Crippen LogP contribution in [-0.2, 0) is 16.0 Å². The molecular formula is C21H32ClN3O4. The number of halogens is 1. The topological polar surface area (TPSA) is 76.5 Å². The Labute approximate surface area is 177 Å². The molecule has 0 aromatic heterocycles. The van der Waals surface area contributed by atoms with Crippen LogP contribution in [0.4, 0.5) is 0 Å². The Bertz CT molecular complexity index is 666. The smallest absolute Gasteiger partial charge is 0.227 e. The molecule has 2 fully saturated rings. The molecule has 8 heteroatoms. The summed E-state index contributed by atoms with van der Waals surface area (Å²) < 4.78 is 5.13. The molecule has 2 aliphatic rings. The first kappa shape index (κ1) is 22.5. The summed E-state index contributed by atoms with van der Waals surface area (Å²) >= 11 is 5.91. The lowest BCUT2D eigenvalue weighted by Crippen LogP contribution is -2.64. The van der Waals surface area contributed by atoms with E-state index in [2.05, 4.69) is 9.80 Å². The van der Waals surface area contributed by atoms with Gasteiger partial charge in [-0.25, -0.2) is 0 Å². The Hall–Kier alpha value is -1.22. The normalized spacial score (nSPS) is 26.6. The number of aliphatic hydroxyl groups excluding tert-OH is 1. The van der Waals surface area contributed by atoms with Crippen molar-refractivity contribution in [2.75, 3.05) is 66.1 Å². The van der Waals surface area contributed by atoms with Crippen LogP contribution in [0.5, 0.6) is 0 Å². The average Bonchev–Trinajstić information content (AvgIpc) is 2.71. The van der Waals surface area contributed by atoms with E-state index in [9.17, 15) is 15.0 Å². The highest BCUT2D eigenvalue weighted by atomic mass is 35.5. The van der Waals surface area contributed by atoms with Crippen LogP contribution in [0.15, 0.2) is 24.3 Å². The molecule has 1 amide bonds. The minimum Gasteiger partial charge on any atom is -0.390 e. The number of hydrogen-bond acceptors (Lipinski definition) is 6. The van der Waals surface area contributed by atoms with E-state index < -0.39 is 11.7 Å². The number of rotatable bonds is 7. The number of hydrogen-bond donors (Lipinski definition) is 2. The quantitative estimate of drug-likeness (QED) is 0.661. The third-order valence-corrected chi connectivity index (χ3v) is 6.20. The lowest BCUT2D eigenvalue weighted by Gasteiger charge is -2.46. The molecule has 2 aliphatic heterocycles. The maximum absolute atomic E-state index is 12.8. The van der Waals surface area contributed by atoms with Gasteiger partial charge in [-0.05, 0) is 24.1 Å². The standard InChI is InChI=1S/C21H32ClN3O4/c1-29-13-12-23-8-10-24(11-9-23)15-21(28)16-25(7-6-19(21)26)20(27)14-17-2-4-18(22)5-3-17/h2-5,19,26,28H,6-16H2,1H3/t19-,21+/m0/s1. The number of benzene rings is 1. The van der Waals surface area contributed by atoms with Gasteiger partial charge in [0.1, 0.15) is 5.60 Å². The fourth-order valence-corrected chi connectivity index (χ4v) is 4.22. The highest BCUT2D eigenvalue weighted by molar-refractivity contribution is 6.30. The molecule has 0 bridgehead atoms. The van der Waals surface area contributed by atoms with Crippen molar-refractivity contribution < 1.29 is 19.7 Å². The van der Waals surface area contributed by atoms with Gasteiger partial charge >= 0.3 is 0 Å². The molecule has 29 heavy (non-hydrogen) atoms. The summed E-state index contributed by atoms with van der Waals surface area (Å²) in [4.78, 5) is 18.9. The fraction of sp³-hybridized carbons (Fsp3) is 0.667. The van der Waals surface area contributed by atoms with Crippen molar-refractivity contribution in [3.63, 3.8) is 0 Å². The van der Waals surface area contributed by atoms with Crippen LogP contribution in [-0.4, -0.2) is 109 Å². The Morgan fingerprint density at radius 2 is 1.83 bits per heavy atom. The van der Waals surface area contributed by atoms with Crippen molar-refractivity contribution in [1.82, 2.24) is 14.7 Å². The lowest BCUT2D eigenvalue weighted by molar-refractivity contribution is -0.156. The number of piperazine rings is 1. The summed E-state index contributed by atoms with van der Waals surface area (Å²) in [5.41, 5.74) is -0.413. The first-order valence-electron chi connectivity index (χ1n) is 10.3. The molecule has 2 saturated heterocycles. The Balaban J connectivity index is 1.54. The number of β-amino-alcohol motifs (C(OH)–C–C–N with tert-alkyl or cyclic N) is 1. The summed E-state index contributed by atoms with van der Waals surface area (Å²) in [5.74, 6) is -0.0398. The zero-order valence-electron chi connectivity index (χ0n) is 17.1. The molecule has 0 spiro atoms. The van der Waals surface area contributed by atoms with Gasteiger partial charge in [-0.2, -0.15) is 0 Å². The highest BCUT2D eigenvalue weighted by Gasteiger charge is 2.43. The molecule has 0 aliphatic carbocycles. The predicted octanol–water partition coefficient (Wildman–Crippen LogP) is 0.471. The minimum absolute atomic E-state index is 0.0398. The van der Waals surface area contributed by atoms with Crippen LogP contribution in [0.25, 0.3) is 0 Å². The number of carbonyl (C=O) groups is 1. The maximum atomic E-state index is 12.8. The maximum Gasteiger partial charge on any atom is 0.227 e. The molecule has 2 atom stereocenters. The third-order valence-electron chi connectivity index (χ3n) is 5.95. The van der Waals surface area contributed by atoms with E-state index >= 15 is 0 Å². The second-order valence-corrected chi connectivity index (χ2v) is 8.57. The van der Waals surface area contributed by atoms with E-state index in [1.807, 2.05) is 12.1 Å². The largest absolute Gasteiger partial charge is 0.390 e. The second kappa shape index (κ2) is 10.2. The number of ether oxygens (including phenoxy) is 1. The van der Waals surface area contributed by atoms with Gasteiger partial charge < -0.3 is 19.8 Å². The van der Waals surface area contributed by atoms with Crippen LogP contribution in [0.2, 0.25) is 5.02 Å². The van der Waals surface area contributed by atoms with E-state index in [1.54, 1.807) is 24.1 Å². The molecule has 3 rings (SSSR count). The number of carbonyl (C=O) groups excluding carboxylic acids is 1. The Morgan fingerprint density at radius 1 is 1.17 bits per heavy atom. The summed E-state index contributed by atoms with van der Waals surface area (Å²) in [6.45, 7) is 6.10. The van der Waals surface area contributed by atoms with Gasteiger partial charge in [0.2, 0.25) is 5.91 Å². The van der Waals surface area contributed by atoms with Crippen LogP contribution >= 0.6 is 11.6 Å². The van der Waals surface area contributed by atoms with E-state index in [0.717, 1.165) is 38.3 Å². The number of nitrogens with zero attached hydrogens (tertiary/aromatic N) is 3. The highest BCUT2D eigenvalue weighted by Crippen LogP contribution is 2.24. The summed E-state index contributed by atoms with van der Waals surface area (Å²) in [6, 6.07) is 7.22. The first-order valence-corrected chi connectivity index (χ1v) is 10.6. The predicted molar refractivity (Wildman–Crippen MR) is 112 cm³/mol. The van der Waals surface area contributed by atoms with E-state index in [4.69, 9.17) is 16.3 Å². The zero-order valence-corrected chi connectivity index (χ0v) is 17.9. The summed E-state index contributed by atoms with van der Waals surface area (Å²) in [5, 5.41) is 22.3. The van der Waals surface area contributed by atoms with E-state index in [1.165, 1.54) is 0 Å². The van der Waals surface area contributed by atoms with E-state index in [0.29, 0.717) is 31.1 Å². The number of likely N-dealkylation sites (tertiary alicyclic amines) is 1. The van der Waals surface area contributed by atoms with Crippen LogP contribution in [0.1, 0.15) is 12.0 Å². The van der Waals surface area contributed by atoms with Crippen molar-refractivity contribution in [2.24, 2.45) is 0 Å². The molecule has 7 nitrogen and oxygen atoms in total. The number of methoxy groups -OCH3 is 1. The van der Waals surface area contributed by atoms with Gasteiger partial charge in [0.25, 0.3) is 0 Å². The van der Waals surface area contributed by atoms with Crippen molar-refractivity contribution in [3.05, 3.63) is 34.9 Å². The zero-order chi connectivity index (χ0) is 20.9. The van der Waals surface area contributed by atoms with Crippen molar-refractivity contribution >= 4 is 17.5 Å². The van der Waals surface area contributed by atoms with E-state index in [-0.39, 0.29) is 18.9 Å². The first-order chi connectivity index (χ1) is 13.9. The number of piperidine rings is 1. The molecule has 1 aromatic carbocycles. The molecule has 0 unspecified atom stereocenters. The molecule has 2 heterocycles. The van der Waals surface area contributed by atoms with Crippen LogP contribution < -0.4 is 0 Å². The van der Waals surface area contributed by atoms with Gasteiger partial charge in [0, 0.05) is 57.9 Å². The lowest BCUT2D eigenvalue weighted by atomic mass is 9.88. The molecule has 0 saturated carbocycles. The summed E-state index contributed by atoms with van der Waals surface area (Å²) in [7, 11) is 1.70. The second-order valence-electron chi connectivity index (χ2n) is 8.14. The van der Waals surface area contributed by atoms with Gasteiger partial charge in [0.05, 0.1) is 25.7 Å². The fourth-order valence-electron chi connectivity index (χ4n) is 4.10. The van der Waals surface area contributed by atoms with Gasteiger partial charge in [-0.15, -0.1) is 0 Å². The SMILES string of the molecule is COCCN1CCN(C[C@@]2(O)CN(C(=O)Cc3ccc(Cl)cc3)CC[C@@H]2O)CC1. The van der Waals surface area contributed by atoms with Crippen molar-refractivity contribution in [1.29, 1.82) is 0 Å². The summed E-state index contributed by atoms with van der Waals surface area (Å²) in [6.07, 6.45) is -0.174. The Morgan fingerprint density at radius 3 is 2.48 bits per heavy atom. The van der Waals surface area contributed by atoms with Crippen molar-refractivity contribution in [3.8, 4) is 0 Å². The molecule has 0 radical (unpaired) electrons. The third kappa shape index (κ3) is 6.13. The average molecular weight is 426 g/mol. The van der Waals surface area contributed by atoms with Gasteiger partial charge in [-0.3, -0.25) is 14.6 Å². The van der Waals surface area contributed by atoms with Crippen molar-refractivity contribution in [2.45, 2.75) is 24.5 Å². The van der Waals surface area contributed by atoms with Crippen LogP contribution in [0, 0.1) is 0 Å². The Kier molecular flexibility index (Phi) is 7.90.